The normalized spacial score (nSPS) is 17.3. The van der Waals surface area contributed by atoms with Gasteiger partial charge in [-0.3, -0.25) is 9.59 Å². The zero-order chi connectivity index (χ0) is 24.5. The summed E-state index contributed by atoms with van der Waals surface area (Å²) in [5.41, 5.74) is 3.20. The lowest BCUT2D eigenvalue weighted by molar-refractivity contribution is -0.139. The summed E-state index contributed by atoms with van der Waals surface area (Å²) >= 11 is 6.00. The predicted molar refractivity (Wildman–Crippen MR) is 135 cm³/mol. The van der Waals surface area contributed by atoms with Gasteiger partial charge in [0, 0.05) is 34.2 Å². The summed E-state index contributed by atoms with van der Waals surface area (Å²) in [6.45, 7) is 0.297. The summed E-state index contributed by atoms with van der Waals surface area (Å²) in [6, 6.07) is 20.9. The lowest BCUT2D eigenvalue weighted by Crippen LogP contribution is -2.31. The van der Waals surface area contributed by atoms with Crippen molar-refractivity contribution >= 4 is 40.0 Å². The number of ketones is 1. The van der Waals surface area contributed by atoms with Gasteiger partial charge in [-0.15, -0.1) is 0 Å². The number of H-pyrrole nitrogens is 1. The number of aliphatic hydroxyl groups is 1. The first-order valence-electron chi connectivity index (χ1n) is 11.2. The number of Topliss-reactive ketones (excluding diaryl/α,β-unsaturated/α-hetero) is 1. The van der Waals surface area contributed by atoms with Gasteiger partial charge in [-0.05, 0) is 60.0 Å². The molecule has 0 radical (unpaired) electrons. The maximum atomic E-state index is 13.2. The first-order valence-corrected chi connectivity index (χ1v) is 11.6. The van der Waals surface area contributed by atoms with Gasteiger partial charge in [0.15, 0.2) is 0 Å². The number of aliphatic hydroxyl groups excluding tert-OH is 1. The third-order valence-corrected chi connectivity index (χ3v) is 6.62. The smallest absolute Gasteiger partial charge is 0.295 e. The summed E-state index contributed by atoms with van der Waals surface area (Å²) in [6.07, 6.45) is 2.47. The van der Waals surface area contributed by atoms with Crippen LogP contribution in [0.25, 0.3) is 16.7 Å². The number of halogens is 1. The highest BCUT2D eigenvalue weighted by Crippen LogP contribution is 2.40. The molecule has 0 spiro atoms. The molecule has 5 rings (SSSR count). The zero-order valence-corrected chi connectivity index (χ0v) is 19.8. The number of carbonyl (C=O) groups is 2. The molecule has 6 nitrogen and oxygen atoms in total. The fourth-order valence-corrected chi connectivity index (χ4v) is 4.74. The molecule has 1 atom stereocenters. The van der Waals surface area contributed by atoms with E-state index in [4.69, 9.17) is 16.3 Å². The fraction of sp³-hybridized carbons (Fsp3) is 0.143. The number of para-hydroxylation sites is 1. The van der Waals surface area contributed by atoms with E-state index in [1.807, 2.05) is 36.5 Å². The van der Waals surface area contributed by atoms with Crippen molar-refractivity contribution in [1.82, 2.24) is 9.88 Å². The van der Waals surface area contributed by atoms with Crippen LogP contribution >= 0.6 is 11.6 Å². The lowest BCUT2D eigenvalue weighted by atomic mass is 9.95. The van der Waals surface area contributed by atoms with Crippen LogP contribution in [0, 0.1) is 0 Å². The average Bonchev–Trinajstić information content (AvgIpc) is 3.41. The van der Waals surface area contributed by atoms with E-state index < -0.39 is 17.7 Å². The number of fused-ring (bicyclic) bond motifs is 1. The molecule has 1 aromatic heterocycles. The Labute approximate surface area is 207 Å². The highest BCUT2D eigenvalue weighted by atomic mass is 35.5. The van der Waals surface area contributed by atoms with Gasteiger partial charge in [-0.2, -0.15) is 0 Å². The number of methoxy groups -OCH3 is 1. The number of rotatable bonds is 6. The third-order valence-electron chi connectivity index (χ3n) is 6.36. The van der Waals surface area contributed by atoms with Crippen LogP contribution in [0.3, 0.4) is 0 Å². The molecule has 0 bridgehead atoms. The molecule has 7 heteroatoms. The van der Waals surface area contributed by atoms with Crippen LogP contribution in [0.5, 0.6) is 5.75 Å². The number of ether oxygens (including phenoxy) is 1. The van der Waals surface area contributed by atoms with Crippen molar-refractivity contribution in [3.8, 4) is 5.75 Å². The van der Waals surface area contributed by atoms with Crippen LogP contribution in [0.4, 0.5) is 0 Å². The van der Waals surface area contributed by atoms with Gasteiger partial charge < -0.3 is 19.7 Å². The molecule has 1 unspecified atom stereocenters. The van der Waals surface area contributed by atoms with Crippen molar-refractivity contribution in [2.75, 3.05) is 13.7 Å². The highest BCUT2D eigenvalue weighted by Gasteiger charge is 2.46. The zero-order valence-electron chi connectivity index (χ0n) is 19.0. The van der Waals surface area contributed by atoms with Gasteiger partial charge in [0.25, 0.3) is 11.7 Å². The van der Waals surface area contributed by atoms with E-state index in [9.17, 15) is 14.7 Å². The van der Waals surface area contributed by atoms with Crippen molar-refractivity contribution < 1.29 is 19.4 Å². The van der Waals surface area contributed by atoms with Crippen LogP contribution in [-0.4, -0.2) is 40.3 Å². The van der Waals surface area contributed by atoms with E-state index in [0.717, 1.165) is 16.5 Å². The Balaban J connectivity index is 1.58. The van der Waals surface area contributed by atoms with Gasteiger partial charge in [0.1, 0.15) is 11.5 Å². The first kappa shape index (κ1) is 22.7. The van der Waals surface area contributed by atoms with E-state index in [0.29, 0.717) is 34.9 Å². The molecule has 3 aromatic carbocycles. The Kier molecular flexibility index (Phi) is 6.05. The second kappa shape index (κ2) is 9.31. The number of aromatic nitrogens is 1. The van der Waals surface area contributed by atoms with Crippen LogP contribution in [0.1, 0.15) is 22.7 Å². The Bertz CT molecular complexity index is 1460. The summed E-state index contributed by atoms with van der Waals surface area (Å²) in [5.74, 6) is -1.00. The molecule has 176 valence electrons. The highest BCUT2D eigenvalue weighted by molar-refractivity contribution is 6.46. The number of hydrogen-bond donors (Lipinski definition) is 2. The summed E-state index contributed by atoms with van der Waals surface area (Å²) in [4.78, 5) is 31.3. The van der Waals surface area contributed by atoms with Gasteiger partial charge in [0.05, 0.1) is 18.7 Å². The number of benzene rings is 3. The minimum atomic E-state index is -0.758. The van der Waals surface area contributed by atoms with Crippen LogP contribution in [-0.2, 0) is 16.0 Å². The van der Waals surface area contributed by atoms with Crippen LogP contribution < -0.4 is 4.74 Å². The molecule has 1 saturated heterocycles. The van der Waals surface area contributed by atoms with E-state index in [-0.39, 0.29) is 11.3 Å². The molecule has 1 aliphatic heterocycles. The maximum Gasteiger partial charge on any atom is 0.295 e. The van der Waals surface area contributed by atoms with E-state index in [2.05, 4.69) is 4.98 Å². The number of nitrogens with zero attached hydrogens (tertiary/aromatic N) is 1. The number of hydrogen-bond acceptors (Lipinski definition) is 4. The predicted octanol–water partition coefficient (Wildman–Crippen LogP) is 5.49. The SMILES string of the molecule is COc1cccc(C2C(=C(O)c3ccc(Cl)cc3)C(=O)C(=O)N2CCc2c[nH]c3ccccc23)c1. The minimum absolute atomic E-state index is 0.0458. The lowest BCUT2D eigenvalue weighted by Gasteiger charge is -2.25. The average molecular weight is 487 g/mol. The number of aromatic amines is 1. The second-order valence-electron chi connectivity index (χ2n) is 8.39. The fourth-order valence-electron chi connectivity index (χ4n) is 4.61. The summed E-state index contributed by atoms with van der Waals surface area (Å²) < 4.78 is 5.38. The van der Waals surface area contributed by atoms with E-state index >= 15 is 0 Å². The largest absolute Gasteiger partial charge is 0.507 e. The van der Waals surface area contributed by atoms with Gasteiger partial charge in [-0.25, -0.2) is 0 Å². The van der Waals surface area contributed by atoms with Crippen molar-refractivity contribution in [1.29, 1.82) is 0 Å². The summed E-state index contributed by atoms with van der Waals surface area (Å²) in [5, 5.41) is 12.7. The number of nitrogens with one attached hydrogen (secondary N) is 1. The van der Waals surface area contributed by atoms with Crippen molar-refractivity contribution in [2.45, 2.75) is 12.5 Å². The second-order valence-corrected chi connectivity index (χ2v) is 8.82. The Morgan fingerprint density at radius 2 is 1.83 bits per heavy atom. The molecular weight excluding hydrogens is 464 g/mol. The minimum Gasteiger partial charge on any atom is -0.507 e. The van der Waals surface area contributed by atoms with Crippen molar-refractivity contribution in [3.05, 3.63) is 106 Å². The molecule has 0 aliphatic carbocycles. The van der Waals surface area contributed by atoms with Crippen LogP contribution in [0.15, 0.2) is 84.6 Å². The third kappa shape index (κ3) is 4.17. The molecule has 1 aliphatic rings. The Hall–Kier alpha value is -4.03. The summed E-state index contributed by atoms with van der Waals surface area (Å²) in [7, 11) is 1.56. The Morgan fingerprint density at radius 3 is 2.60 bits per heavy atom. The molecule has 35 heavy (non-hydrogen) atoms. The molecule has 2 heterocycles. The van der Waals surface area contributed by atoms with Crippen molar-refractivity contribution in [3.63, 3.8) is 0 Å². The van der Waals surface area contributed by atoms with E-state index in [1.165, 1.54) is 4.90 Å². The van der Waals surface area contributed by atoms with Gasteiger partial charge >= 0.3 is 0 Å². The number of carbonyl (C=O) groups excluding carboxylic acids is 2. The van der Waals surface area contributed by atoms with Gasteiger partial charge in [-0.1, -0.05) is 41.9 Å². The quantitative estimate of drug-likeness (QED) is 0.214. The van der Waals surface area contributed by atoms with E-state index in [1.54, 1.807) is 49.6 Å². The molecule has 2 N–H and O–H groups in total. The molecule has 1 fully saturated rings. The standard InChI is InChI=1S/C28H23ClN2O4/c1-35-21-6-4-5-18(15-21)25-24(26(32)17-9-11-20(29)12-10-17)27(33)28(34)31(25)14-13-19-16-30-23-8-3-2-7-22(19)23/h2-12,15-16,25,30,32H,13-14H2,1H3. The topological polar surface area (TPSA) is 82.6 Å². The van der Waals surface area contributed by atoms with Gasteiger partial charge in [0.2, 0.25) is 0 Å². The molecule has 1 amide bonds. The molecule has 4 aromatic rings. The number of likely N-dealkylation sites (tertiary alicyclic amines) is 1. The molecule has 0 saturated carbocycles. The van der Waals surface area contributed by atoms with Crippen molar-refractivity contribution in [2.24, 2.45) is 0 Å². The monoisotopic (exact) mass is 486 g/mol. The van der Waals surface area contributed by atoms with Crippen LogP contribution in [0.2, 0.25) is 5.02 Å². The number of amides is 1. The Morgan fingerprint density at radius 1 is 1.06 bits per heavy atom. The molecular formula is C28H23ClN2O4. The first-order chi connectivity index (χ1) is 17.0. The maximum absolute atomic E-state index is 13.2.